The Labute approximate surface area is 108 Å². The zero-order chi connectivity index (χ0) is 11.7. The van der Waals surface area contributed by atoms with Crippen LogP contribution in [0.2, 0.25) is 5.02 Å². The highest BCUT2D eigenvalue weighted by Crippen LogP contribution is 2.26. The molecule has 2 rings (SSSR count). The standard InChI is InChI=1S/C11H11BrClN3/c1-6-4-10(14)15-16-11(6)8-5-7(13)2-3-9(8)12/h2-3,5-6H,4H2,1H3,(H2,14,15). The molecule has 84 valence electrons. The highest BCUT2D eigenvalue weighted by molar-refractivity contribution is 9.10. The zero-order valence-corrected chi connectivity index (χ0v) is 11.1. The van der Waals surface area contributed by atoms with Crippen molar-refractivity contribution in [1.82, 2.24) is 0 Å². The Morgan fingerprint density at radius 1 is 1.44 bits per heavy atom. The maximum atomic E-state index is 5.98. The van der Waals surface area contributed by atoms with Crippen molar-refractivity contribution >= 4 is 39.1 Å². The SMILES string of the molecule is CC1CC(N)=NN=C1c1cc(Cl)ccc1Br. The molecule has 1 heterocycles. The second kappa shape index (κ2) is 4.55. The first-order valence-electron chi connectivity index (χ1n) is 4.93. The van der Waals surface area contributed by atoms with Gasteiger partial charge < -0.3 is 5.73 Å². The lowest BCUT2D eigenvalue weighted by Gasteiger charge is -2.18. The van der Waals surface area contributed by atoms with Crippen molar-refractivity contribution in [1.29, 1.82) is 0 Å². The van der Waals surface area contributed by atoms with Gasteiger partial charge >= 0.3 is 0 Å². The lowest BCUT2D eigenvalue weighted by Crippen LogP contribution is -2.25. The van der Waals surface area contributed by atoms with Crippen LogP contribution in [0.3, 0.4) is 0 Å². The van der Waals surface area contributed by atoms with E-state index in [0.29, 0.717) is 10.9 Å². The van der Waals surface area contributed by atoms with Crippen molar-refractivity contribution in [2.75, 3.05) is 0 Å². The van der Waals surface area contributed by atoms with E-state index in [4.69, 9.17) is 17.3 Å². The lowest BCUT2D eigenvalue weighted by atomic mass is 9.94. The minimum Gasteiger partial charge on any atom is -0.386 e. The van der Waals surface area contributed by atoms with Crippen molar-refractivity contribution in [3.63, 3.8) is 0 Å². The van der Waals surface area contributed by atoms with Crippen LogP contribution in [-0.4, -0.2) is 11.5 Å². The largest absolute Gasteiger partial charge is 0.386 e. The minimum absolute atomic E-state index is 0.257. The van der Waals surface area contributed by atoms with E-state index in [-0.39, 0.29) is 5.92 Å². The topological polar surface area (TPSA) is 50.7 Å². The lowest BCUT2D eigenvalue weighted by molar-refractivity contribution is 0.783. The average molecular weight is 301 g/mol. The van der Waals surface area contributed by atoms with Crippen LogP contribution in [0.25, 0.3) is 0 Å². The highest BCUT2D eigenvalue weighted by atomic mass is 79.9. The number of halogens is 2. The van der Waals surface area contributed by atoms with Gasteiger partial charge in [0.15, 0.2) is 0 Å². The van der Waals surface area contributed by atoms with E-state index < -0.39 is 0 Å². The van der Waals surface area contributed by atoms with Gasteiger partial charge in [-0.1, -0.05) is 34.5 Å². The normalized spacial score (nSPS) is 20.3. The summed E-state index contributed by atoms with van der Waals surface area (Å²) in [4.78, 5) is 0. The predicted molar refractivity (Wildman–Crippen MR) is 71.1 cm³/mol. The van der Waals surface area contributed by atoms with Gasteiger partial charge in [0.05, 0.1) is 5.71 Å². The van der Waals surface area contributed by atoms with Crippen LogP contribution >= 0.6 is 27.5 Å². The molecule has 0 amide bonds. The molecule has 2 N–H and O–H groups in total. The third-order valence-corrected chi connectivity index (χ3v) is 3.40. The molecule has 0 fully saturated rings. The van der Waals surface area contributed by atoms with Crippen LogP contribution in [0, 0.1) is 5.92 Å². The molecule has 0 saturated heterocycles. The summed E-state index contributed by atoms with van der Waals surface area (Å²) in [6, 6.07) is 5.63. The third kappa shape index (κ3) is 2.28. The van der Waals surface area contributed by atoms with Gasteiger partial charge in [-0.05, 0) is 18.2 Å². The molecular weight excluding hydrogens is 289 g/mol. The first kappa shape index (κ1) is 11.6. The van der Waals surface area contributed by atoms with Gasteiger partial charge in [0.2, 0.25) is 0 Å². The zero-order valence-electron chi connectivity index (χ0n) is 8.74. The van der Waals surface area contributed by atoms with Crippen molar-refractivity contribution < 1.29 is 0 Å². The molecule has 1 aromatic carbocycles. The summed E-state index contributed by atoms with van der Waals surface area (Å²) in [5, 5.41) is 8.77. The summed E-state index contributed by atoms with van der Waals surface area (Å²) in [5.74, 6) is 0.835. The van der Waals surface area contributed by atoms with E-state index in [1.165, 1.54) is 0 Å². The van der Waals surface area contributed by atoms with Crippen LogP contribution in [0.15, 0.2) is 32.9 Å². The van der Waals surface area contributed by atoms with Crippen LogP contribution in [0.1, 0.15) is 18.9 Å². The third-order valence-electron chi connectivity index (χ3n) is 2.47. The number of rotatable bonds is 1. The Morgan fingerprint density at radius 3 is 2.88 bits per heavy atom. The summed E-state index contributed by atoms with van der Waals surface area (Å²) < 4.78 is 0.971. The number of nitrogens with two attached hydrogens (primary N) is 1. The van der Waals surface area contributed by atoms with Gasteiger partial charge in [0, 0.05) is 27.4 Å². The fourth-order valence-electron chi connectivity index (χ4n) is 1.68. The number of benzene rings is 1. The minimum atomic E-state index is 0.257. The molecule has 1 unspecified atom stereocenters. The predicted octanol–water partition coefficient (Wildman–Crippen LogP) is 3.20. The fourth-order valence-corrected chi connectivity index (χ4v) is 2.30. The molecule has 1 atom stereocenters. The molecule has 1 aliphatic rings. The average Bonchev–Trinajstić information content (AvgIpc) is 2.22. The van der Waals surface area contributed by atoms with E-state index >= 15 is 0 Å². The molecule has 16 heavy (non-hydrogen) atoms. The smallest absolute Gasteiger partial charge is 0.123 e. The second-order valence-corrected chi connectivity index (χ2v) is 5.10. The maximum Gasteiger partial charge on any atom is 0.123 e. The van der Waals surface area contributed by atoms with Gasteiger partial charge in [0.1, 0.15) is 5.84 Å². The summed E-state index contributed by atoms with van der Waals surface area (Å²) in [6.07, 6.45) is 0.734. The van der Waals surface area contributed by atoms with Gasteiger partial charge in [-0.15, -0.1) is 5.10 Å². The Hall–Kier alpha value is -0.870. The number of nitrogens with zero attached hydrogens (tertiary/aromatic N) is 2. The van der Waals surface area contributed by atoms with Crippen molar-refractivity contribution in [3.8, 4) is 0 Å². The Kier molecular flexibility index (Phi) is 3.30. The molecule has 0 spiro atoms. The molecule has 1 aliphatic heterocycles. The summed E-state index contributed by atoms with van der Waals surface area (Å²) >= 11 is 9.47. The molecule has 0 bridgehead atoms. The van der Waals surface area contributed by atoms with Gasteiger partial charge in [-0.2, -0.15) is 5.10 Å². The Morgan fingerprint density at radius 2 is 2.19 bits per heavy atom. The number of hydrogen-bond donors (Lipinski definition) is 1. The van der Waals surface area contributed by atoms with Crippen molar-refractivity contribution in [2.24, 2.45) is 21.9 Å². The highest BCUT2D eigenvalue weighted by Gasteiger charge is 2.20. The van der Waals surface area contributed by atoms with E-state index in [2.05, 4.69) is 33.1 Å². The molecule has 0 saturated carbocycles. The van der Waals surface area contributed by atoms with E-state index in [1.54, 1.807) is 0 Å². The monoisotopic (exact) mass is 299 g/mol. The fraction of sp³-hybridized carbons (Fsp3) is 0.273. The van der Waals surface area contributed by atoms with Crippen molar-refractivity contribution in [2.45, 2.75) is 13.3 Å². The quantitative estimate of drug-likeness (QED) is 0.850. The van der Waals surface area contributed by atoms with Crippen molar-refractivity contribution in [3.05, 3.63) is 33.3 Å². The van der Waals surface area contributed by atoms with Crippen LogP contribution < -0.4 is 5.73 Å². The molecular formula is C11H11BrClN3. The van der Waals surface area contributed by atoms with Crippen LogP contribution in [-0.2, 0) is 0 Å². The molecule has 0 aromatic heterocycles. The molecule has 1 aromatic rings. The van der Waals surface area contributed by atoms with E-state index in [0.717, 1.165) is 22.2 Å². The second-order valence-electron chi connectivity index (χ2n) is 3.81. The van der Waals surface area contributed by atoms with Gasteiger partial charge in [0.25, 0.3) is 0 Å². The van der Waals surface area contributed by atoms with Gasteiger partial charge in [-0.3, -0.25) is 0 Å². The number of hydrogen-bond acceptors (Lipinski definition) is 3. The molecule has 0 aliphatic carbocycles. The number of amidine groups is 1. The first-order chi connectivity index (χ1) is 7.58. The summed E-state index contributed by atoms with van der Waals surface area (Å²) in [6.45, 7) is 2.08. The Bertz CT molecular complexity index is 482. The molecule has 0 radical (unpaired) electrons. The molecule has 5 heteroatoms. The summed E-state index contributed by atoms with van der Waals surface area (Å²) in [5.41, 5.74) is 7.54. The summed E-state index contributed by atoms with van der Waals surface area (Å²) in [7, 11) is 0. The maximum absolute atomic E-state index is 5.98. The Balaban J connectivity index is 2.48. The molecule has 3 nitrogen and oxygen atoms in total. The van der Waals surface area contributed by atoms with Crippen LogP contribution in [0.4, 0.5) is 0 Å². The van der Waals surface area contributed by atoms with E-state index in [1.807, 2.05) is 18.2 Å². The first-order valence-corrected chi connectivity index (χ1v) is 6.10. The van der Waals surface area contributed by atoms with Gasteiger partial charge in [-0.25, -0.2) is 0 Å². The van der Waals surface area contributed by atoms with E-state index in [9.17, 15) is 0 Å². The van der Waals surface area contributed by atoms with Crippen LogP contribution in [0.5, 0.6) is 0 Å².